The Morgan fingerprint density at radius 3 is 2.78 bits per heavy atom. The molecule has 0 saturated carbocycles. The molecular weight excluding hydrogens is 228 g/mol. The van der Waals surface area contributed by atoms with Gasteiger partial charge in [0.05, 0.1) is 5.69 Å². The van der Waals surface area contributed by atoms with E-state index < -0.39 is 5.60 Å². The van der Waals surface area contributed by atoms with E-state index >= 15 is 0 Å². The second kappa shape index (κ2) is 4.05. The van der Waals surface area contributed by atoms with E-state index in [2.05, 4.69) is 6.58 Å². The minimum absolute atomic E-state index is 0.0800. The summed E-state index contributed by atoms with van der Waals surface area (Å²) in [6.07, 6.45) is 0. The molecule has 1 aliphatic heterocycles. The van der Waals surface area contributed by atoms with Gasteiger partial charge in [-0.1, -0.05) is 12.2 Å². The van der Waals surface area contributed by atoms with Crippen LogP contribution in [0.5, 0.6) is 5.75 Å². The number of nitrogens with two attached hydrogens (primary N) is 1. The number of anilines is 2. The lowest BCUT2D eigenvalue weighted by Gasteiger charge is -2.39. The van der Waals surface area contributed by atoms with E-state index in [0.29, 0.717) is 23.7 Å². The Hall–Kier alpha value is -1.97. The van der Waals surface area contributed by atoms with Crippen LogP contribution < -0.4 is 15.4 Å². The third kappa shape index (κ3) is 2.06. The highest BCUT2D eigenvalue weighted by Crippen LogP contribution is 2.39. The maximum Gasteiger partial charge on any atom is 0.270 e. The van der Waals surface area contributed by atoms with E-state index in [4.69, 9.17) is 10.5 Å². The van der Waals surface area contributed by atoms with Crippen LogP contribution in [0, 0.1) is 0 Å². The standard InChI is InChI=1S/C14H18N2O2/c1-9(2)8-16-11-7-10(15)5-6-12(11)18-14(3,4)13(16)17/h5-7H,1,8,15H2,2-4H3. The molecule has 1 heterocycles. The largest absolute Gasteiger partial charge is 0.476 e. The van der Waals surface area contributed by atoms with Crippen LogP contribution in [0.4, 0.5) is 11.4 Å². The predicted octanol–water partition coefficient (Wildman–Crippen LogP) is 2.35. The topological polar surface area (TPSA) is 55.6 Å². The van der Waals surface area contributed by atoms with Gasteiger partial charge in [0.1, 0.15) is 5.75 Å². The van der Waals surface area contributed by atoms with Crippen molar-refractivity contribution in [1.82, 2.24) is 0 Å². The van der Waals surface area contributed by atoms with E-state index in [-0.39, 0.29) is 5.91 Å². The van der Waals surface area contributed by atoms with Crippen molar-refractivity contribution < 1.29 is 9.53 Å². The number of benzene rings is 1. The maximum atomic E-state index is 12.4. The predicted molar refractivity (Wildman–Crippen MR) is 72.7 cm³/mol. The van der Waals surface area contributed by atoms with Crippen molar-refractivity contribution in [3.63, 3.8) is 0 Å². The van der Waals surface area contributed by atoms with Crippen LogP contribution in [0.15, 0.2) is 30.4 Å². The molecule has 1 aromatic rings. The van der Waals surface area contributed by atoms with E-state index in [1.807, 2.05) is 6.92 Å². The number of rotatable bonds is 2. The molecule has 0 spiro atoms. The van der Waals surface area contributed by atoms with Gasteiger partial charge in [0.15, 0.2) is 5.60 Å². The summed E-state index contributed by atoms with van der Waals surface area (Å²) < 4.78 is 5.72. The van der Waals surface area contributed by atoms with Crippen LogP contribution in [-0.4, -0.2) is 18.1 Å². The monoisotopic (exact) mass is 246 g/mol. The second-order valence-electron chi connectivity index (χ2n) is 5.19. The molecule has 1 amide bonds. The minimum Gasteiger partial charge on any atom is -0.476 e. The molecule has 4 heteroatoms. The second-order valence-corrected chi connectivity index (χ2v) is 5.19. The zero-order valence-electron chi connectivity index (χ0n) is 11.0. The summed E-state index contributed by atoms with van der Waals surface area (Å²) in [5, 5.41) is 0. The molecule has 0 atom stereocenters. The lowest BCUT2D eigenvalue weighted by molar-refractivity contribution is -0.132. The Labute approximate surface area is 107 Å². The van der Waals surface area contributed by atoms with Crippen LogP contribution in [0.2, 0.25) is 0 Å². The van der Waals surface area contributed by atoms with E-state index in [9.17, 15) is 4.79 Å². The number of nitrogens with zero attached hydrogens (tertiary/aromatic N) is 1. The van der Waals surface area contributed by atoms with Gasteiger partial charge < -0.3 is 15.4 Å². The molecule has 0 aliphatic carbocycles. The van der Waals surface area contributed by atoms with Crippen molar-refractivity contribution in [3.05, 3.63) is 30.4 Å². The fourth-order valence-corrected chi connectivity index (χ4v) is 2.01. The summed E-state index contributed by atoms with van der Waals surface area (Å²) in [4.78, 5) is 14.1. The molecular formula is C14H18N2O2. The van der Waals surface area contributed by atoms with Crippen molar-refractivity contribution in [2.45, 2.75) is 26.4 Å². The van der Waals surface area contributed by atoms with Gasteiger partial charge in [0.2, 0.25) is 0 Å². The summed E-state index contributed by atoms with van der Waals surface area (Å²) in [6.45, 7) is 9.75. The number of ether oxygens (including phenoxy) is 1. The van der Waals surface area contributed by atoms with Crippen LogP contribution in [0.1, 0.15) is 20.8 Å². The normalized spacial score (nSPS) is 17.1. The van der Waals surface area contributed by atoms with Crippen LogP contribution >= 0.6 is 0 Å². The van der Waals surface area contributed by atoms with Gasteiger partial charge in [-0.2, -0.15) is 0 Å². The first-order chi connectivity index (χ1) is 8.31. The highest BCUT2D eigenvalue weighted by Gasteiger charge is 2.40. The average molecular weight is 246 g/mol. The number of carbonyl (C=O) groups excluding carboxylic acids is 1. The molecule has 0 bridgehead atoms. The third-order valence-electron chi connectivity index (χ3n) is 2.83. The van der Waals surface area contributed by atoms with E-state index in [1.165, 1.54) is 0 Å². The molecule has 2 rings (SSSR count). The SMILES string of the molecule is C=C(C)CN1C(=O)C(C)(C)Oc2ccc(N)cc21. The Balaban J connectivity index is 2.53. The molecule has 0 unspecified atom stereocenters. The molecule has 18 heavy (non-hydrogen) atoms. The maximum absolute atomic E-state index is 12.4. The lowest BCUT2D eigenvalue weighted by atomic mass is 10.0. The summed E-state index contributed by atoms with van der Waals surface area (Å²) in [5.74, 6) is 0.596. The molecule has 0 radical (unpaired) electrons. The highest BCUT2D eigenvalue weighted by molar-refractivity contribution is 6.03. The smallest absolute Gasteiger partial charge is 0.270 e. The van der Waals surface area contributed by atoms with Gasteiger partial charge >= 0.3 is 0 Å². The van der Waals surface area contributed by atoms with Gasteiger partial charge in [-0.25, -0.2) is 0 Å². The van der Waals surface area contributed by atoms with Crippen LogP contribution in [-0.2, 0) is 4.79 Å². The number of amides is 1. The zero-order valence-corrected chi connectivity index (χ0v) is 11.0. The van der Waals surface area contributed by atoms with Crippen LogP contribution in [0.25, 0.3) is 0 Å². The van der Waals surface area contributed by atoms with Crippen molar-refractivity contribution in [3.8, 4) is 5.75 Å². The Morgan fingerprint density at radius 1 is 1.50 bits per heavy atom. The van der Waals surface area contributed by atoms with E-state index in [1.54, 1.807) is 36.9 Å². The molecule has 96 valence electrons. The molecule has 4 nitrogen and oxygen atoms in total. The first kappa shape index (κ1) is 12.5. The first-order valence-corrected chi connectivity index (χ1v) is 5.86. The van der Waals surface area contributed by atoms with Crippen molar-refractivity contribution in [2.24, 2.45) is 0 Å². The zero-order chi connectivity index (χ0) is 13.5. The molecule has 2 N–H and O–H groups in total. The fraction of sp³-hybridized carbons (Fsp3) is 0.357. The molecule has 1 aliphatic rings. The fourth-order valence-electron chi connectivity index (χ4n) is 2.01. The highest BCUT2D eigenvalue weighted by atomic mass is 16.5. The number of fused-ring (bicyclic) bond motifs is 1. The Kier molecular flexibility index (Phi) is 2.81. The quantitative estimate of drug-likeness (QED) is 0.643. The molecule has 0 fully saturated rings. The van der Waals surface area contributed by atoms with Crippen LogP contribution in [0.3, 0.4) is 0 Å². The number of hydrogen-bond acceptors (Lipinski definition) is 3. The Bertz CT molecular complexity index is 521. The molecule has 0 saturated heterocycles. The minimum atomic E-state index is -0.863. The summed E-state index contributed by atoms with van der Waals surface area (Å²) in [5.41, 5.74) is 7.14. The molecule has 0 aromatic heterocycles. The van der Waals surface area contributed by atoms with Gasteiger partial charge in [0.25, 0.3) is 5.91 Å². The summed E-state index contributed by atoms with van der Waals surface area (Å²) in [7, 11) is 0. The van der Waals surface area contributed by atoms with Crippen molar-refractivity contribution >= 4 is 17.3 Å². The third-order valence-corrected chi connectivity index (χ3v) is 2.83. The first-order valence-electron chi connectivity index (χ1n) is 5.86. The van der Waals surface area contributed by atoms with Gasteiger partial charge in [-0.05, 0) is 39.0 Å². The van der Waals surface area contributed by atoms with Gasteiger partial charge in [-0.3, -0.25) is 4.79 Å². The van der Waals surface area contributed by atoms with Crippen molar-refractivity contribution in [2.75, 3.05) is 17.2 Å². The lowest BCUT2D eigenvalue weighted by Crippen LogP contribution is -2.52. The van der Waals surface area contributed by atoms with Gasteiger partial charge in [-0.15, -0.1) is 0 Å². The number of carbonyl (C=O) groups is 1. The number of nitrogen functional groups attached to an aromatic ring is 1. The Morgan fingerprint density at radius 2 is 2.17 bits per heavy atom. The summed E-state index contributed by atoms with van der Waals surface area (Å²) >= 11 is 0. The summed E-state index contributed by atoms with van der Waals surface area (Å²) in [6, 6.07) is 5.32. The number of hydrogen-bond donors (Lipinski definition) is 1. The average Bonchev–Trinajstić information content (AvgIpc) is 2.25. The van der Waals surface area contributed by atoms with Crippen molar-refractivity contribution in [1.29, 1.82) is 0 Å². The van der Waals surface area contributed by atoms with Gasteiger partial charge in [0, 0.05) is 12.2 Å². The van der Waals surface area contributed by atoms with E-state index in [0.717, 1.165) is 5.57 Å². The molecule has 1 aromatic carbocycles.